The van der Waals surface area contributed by atoms with E-state index in [0.29, 0.717) is 23.5 Å². The minimum Gasteiger partial charge on any atom is -0.496 e. The molecule has 1 aromatic heterocycles. The Morgan fingerprint density at radius 3 is 2.67 bits per heavy atom. The lowest BCUT2D eigenvalue weighted by molar-refractivity contribution is 0.0950. The van der Waals surface area contributed by atoms with Crippen LogP contribution in [0.3, 0.4) is 0 Å². The normalized spacial score (nSPS) is 9.93. The second kappa shape index (κ2) is 8.50. The molecule has 3 aromatic rings. The third kappa shape index (κ3) is 4.61. The zero-order chi connectivity index (χ0) is 19.1. The van der Waals surface area contributed by atoms with Crippen molar-refractivity contribution >= 4 is 17.4 Å². The Balaban J connectivity index is 1.67. The van der Waals surface area contributed by atoms with E-state index in [-0.39, 0.29) is 5.91 Å². The monoisotopic (exact) mass is 358 g/mol. The maximum absolute atomic E-state index is 12.5. The summed E-state index contributed by atoms with van der Waals surface area (Å²) < 4.78 is 5.29. The van der Waals surface area contributed by atoms with Crippen LogP contribution < -0.4 is 15.4 Å². The van der Waals surface area contributed by atoms with Crippen molar-refractivity contribution in [1.82, 2.24) is 10.3 Å². The van der Waals surface area contributed by atoms with Crippen LogP contribution in [0.2, 0.25) is 0 Å². The number of aromatic nitrogens is 1. The second-order valence-electron chi connectivity index (χ2n) is 5.74. The molecule has 0 radical (unpaired) electrons. The Bertz CT molecular complexity index is 978. The molecule has 1 heterocycles. The van der Waals surface area contributed by atoms with E-state index in [1.165, 1.54) is 0 Å². The van der Waals surface area contributed by atoms with Crippen LogP contribution in [-0.4, -0.2) is 18.0 Å². The van der Waals surface area contributed by atoms with Crippen molar-refractivity contribution < 1.29 is 9.53 Å². The van der Waals surface area contributed by atoms with Crippen LogP contribution >= 0.6 is 0 Å². The Hall–Kier alpha value is -3.85. The smallest absolute Gasteiger partial charge is 0.251 e. The van der Waals surface area contributed by atoms with Crippen LogP contribution in [0.15, 0.2) is 66.9 Å². The molecule has 6 nitrogen and oxygen atoms in total. The molecule has 0 saturated carbocycles. The van der Waals surface area contributed by atoms with Gasteiger partial charge in [0.1, 0.15) is 11.6 Å². The van der Waals surface area contributed by atoms with Gasteiger partial charge in [-0.3, -0.25) is 4.79 Å². The summed E-state index contributed by atoms with van der Waals surface area (Å²) in [5.41, 5.74) is 2.76. The quantitative estimate of drug-likeness (QED) is 0.702. The van der Waals surface area contributed by atoms with Crippen molar-refractivity contribution in [2.75, 3.05) is 12.4 Å². The van der Waals surface area contributed by atoms with Crippen molar-refractivity contribution in [3.63, 3.8) is 0 Å². The second-order valence-corrected chi connectivity index (χ2v) is 5.74. The van der Waals surface area contributed by atoms with Gasteiger partial charge in [-0.25, -0.2) is 4.98 Å². The highest BCUT2D eigenvalue weighted by Crippen LogP contribution is 2.18. The maximum atomic E-state index is 12.5. The highest BCUT2D eigenvalue weighted by molar-refractivity contribution is 5.94. The van der Waals surface area contributed by atoms with E-state index in [1.54, 1.807) is 49.7 Å². The van der Waals surface area contributed by atoms with Gasteiger partial charge in [0.05, 0.1) is 18.7 Å². The number of rotatable bonds is 6. The molecule has 27 heavy (non-hydrogen) atoms. The summed E-state index contributed by atoms with van der Waals surface area (Å²) in [6.45, 7) is 0.365. The fraction of sp³-hybridized carbons (Fsp3) is 0.0952. The first-order valence-corrected chi connectivity index (χ1v) is 8.33. The minimum atomic E-state index is -0.203. The molecule has 134 valence electrons. The van der Waals surface area contributed by atoms with Crippen molar-refractivity contribution in [2.24, 2.45) is 0 Å². The number of hydrogen-bond donors (Lipinski definition) is 2. The van der Waals surface area contributed by atoms with Crippen LogP contribution in [0, 0.1) is 11.3 Å². The summed E-state index contributed by atoms with van der Waals surface area (Å²) >= 11 is 0. The number of carbonyl (C=O) groups excluding carboxylic acids is 1. The fourth-order valence-corrected chi connectivity index (χ4v) is 2.54. The van der Waals surface area contributed by atoms with Gasteiger partial charge < -0.3 is 15.4 Å². The first-order chi connectivity index (χ1) is 13.2. The maximum Gasteiger partial charge on any atom is 0.251 e. The zero-order valence-corrected chi connectivity index (χ0v) is 14.8. The Morgan fingerprint density at radius 1 is 1.15 bits per heavy atom. The number of methoxy groups -OCH3 is 1. The largest absolute Gasteiger partial charge is 0.496 e. The summed E-state index contributed by atoms with van der Waals surface area (Å²) in [6, 6.07) is 19.9. The van der Waals surface area contributed by atoms with Gasteiger partial charge in [-0.1, -0.05) is 18.2 Å². The molecule has 0 unspecified atom stereocenters. The average molecular weight is 358 g/mol. The number of nitrogens with one attached hydrogen (secondary N) is 2. The number of carbonyl (C=O) groups is 1. The van der Waals surface area contributed by atoms with E-state index in [2.05, 4.69) is 21.7 Å². The summed E-state index contributed by atoms with van der Waals surface area (Å²) in [7, 11) is 1.60. The van der Waals surface area contributed by atoms with Gasteiger partial charge in [0.15, 0.2) is 0 Å². The third-order valence-corrected chi connectivity index (χ3v) is 3.94. The van der Waals surface area contributed by atoms with Gasteiger partial charge in [0.2, 0.25) is 0 Å². The molecule has 2 N–H and O–H groups in total. The molecular weight excluding hydrogens is 340 g/mol. The van der Waals surface area contributed by atoms with Gasteiger partial charge in [0, 0.05) is 29.6 Å². The lowest BCUT2D eigenvalue weighted by atomic mass is 10.2. The van der Waals surface area contributed by atoms with Crippen LogP contribution in [0.25, 0.3) is 0 Å². The van der Waals surface area contributed by atoms with Gasteiger partial charge in [-0.2, -0.15) is 5.26 Å². The van der Waals surface area contributed by atoms with E-state index in [0.717, 1.165) is 17.0 Å². The van der Waals surface area contributed by atoms with E-state index >= 15 is 0 Å². The predicted octanol–water partition coefficient (Wildman–Crippen LogP) is 3.64. The number of benzene rings is 2. The molecular formula is C21H18N4O2. The molecule has 2 aromatic carbocycles. The summed E-state index contributed by atoms with van der Waals surface area (Å²) in [5.74, 6) is 1.08. The number of nitrogens with zero attached hydrogens (tertiary/aromatic N) is 2. The van der Waals surface area contributed by atoms with Crippen molar-refractivity contribution in [1.29, 1.82) is 5.26 Å². The van der Waals surface area contributed by atoms with E-state index in [9.17, 15) is 4.79 Å². The van der Waals surface area contributed by atoms with Gasteiger partial charge in [-0.15, -0.1) is 0 Å². The third-order valence-electron chi connectivity index (χ3n) is 3.94. The van der Waals surface area contributed by atoms with Gasteiger partial charge in [0.25, 0.3) is 5.91 Å². The number of pyridine rings is 1. The van der Waals surface area contributed by atoms with E-state index < -0.39 is 0 Å². The molecule has 0 aliphatic carbocycles. The highest BCUT2D eigenvalue weighted by Gasteiger charge is 2.09. The molecule has 0 spiro atoms. The topological polar surface area (TPSA) is 87.0 Å². The number of hydrogen-bond acceptors (Lipinski definition) is 5. The minimum absolute atomic E-state index is 0.203. The molecule has 0 atom stereocenters. The first-order valence-electron chi connectivity index (χ1n) is 8.33. The van der Waals surface area contributed by atoms with Crippen molar-refractivity contribution in [3.8, 4) is 11.8 Å². The average Bonchev–Trinajstić information content (AvgIpc) is 2.73. The van der Waals surface area contributed by atoms with E-state index in [1.807, 2.05) is 24.3 Å². The van der Waals surface area contributed by atoms with Crippen LogP contribution in [-0.2, 0) is 6.54 Å². The SMILES string of the molecule is COc1ccccc1CNC(=O)c1ccnc(Nc2ccc(C#N)cc2)c1. The zero-order valence-electron chi connectivity index (χ0n) is 14.8. The highest BCUT2D eigenvalue weighted by atomic mass is 16.5. The number of amides is 1. The summed E-state index contributed by atoms with van der Waals surface area (Å²) in [6.07, 6.45) is 1.57. The first kappa shape index (κ1) is 18.0. The molecule has 0 aliphatic heterocycles. The van der Waals surface area contributed by atoms with Crippen LogP contribution in [0.5, 0.6) is 5.75 Å². The standard InChI is InChI=1S/C21H18N4O2/c1-27-19-5-3-2-4-17(19)14-24-21(26)16-10-11-23-20(12-16)25-18-8-6-15(13-22)7-9-18/h2-12H,14H2,1H3,(H,23,25)(H,24,26). The predicted molar refractivity (Wildman–Crippen MR) is 103 cm³/mol. The number of nitriles is 1. The number of anilines is 2. The number of para-hydroxylation sites is 1. The lowest BCUT2D eigenvalue weighted by Crippen LogP contribution is -2.23. The Kier molecular flexibility index (Phi) is 5.65. The van der Waals surface area contributed by atoms with E-state index in [4.69, 9.17) is 10.00 Å². The molecule has 0 fully saturated rings. The number of ether oxygens (including phenoxy) is 1. The molecule has 0 aliphatic rings. The molecule has 6 heteroatoms. The fourth-order valence-electron chi connectivity index (χ4n) is 2.54. The summed E-state index contributed by atoms with van der Waals surface area (Å²) in [4.78, 5) is 16.7. The van der Waals surface area contributed by atoms with Crippen molar-refractivity contribution in [2.45, 2.75) is 6.54 Å². The lowest BCUT2D eigenvalue weighted by Gasteiger charge is -2.10. The van der Waals surface area contributed by atoms with Gasteiger partial charge in [-0.05, 0) is 42.5 Å². The van der Waals surface area contributed by atoms with Crippen molar-refractivity contribution in [3.05, 3.63) is 83.6 Å². The Labute approximate surface area is 157 Å². The van der Waals surface area contributed by atoms with Gasteiger partial charge >= 0.3 is 0 Å². The molecule has 0 saturated heterocycles. The summed E-state index contributed by atoms with van der Waals surface area (Å²) in [5, 5.41) is 14.9. The van der Waals surface area contributed by atoms with Crippen LogP contribution in [0.1, 0.15) is 21.5 Å². The van der Waals surface area contributed by atoms with Crippen LogP contribution in [0.4, 0.5) is 11.5 Å². The Morgan fingerprint density at radius 2 is 1.93 bits per heavy atom. The molecule has 3 rings (SSSR count). The molecule has 0 bridgehead atoms. The molecule has 1 amide bonds.